The molecule has 3 nitrogen and oxygen atoms in total. The fraction of sp³-hybridized carbons (Fsp3) is 0.556. The summed E-state index contributed by atoms with van der Waals surface area (Å²) in [5.41, 5.74) is 2.36. The highest BCUT2D eigenvalue weighted by atomic mass is 16.5. The maximum absolute atomic E-state index is 8.73. The van der Waals surface area contributed by atoms with Gasteiger partial charge in [0, 0.05) is 31.1 Å². The van der Waals surface area contributed by atoms with Gasteiger partial charge in [-0.2, -0.15) is 0 Å². The van der Waals surface area contributed by atoms with E-state index in [1.165, 1.54) is 24.8 Å². The van der Waals surface area contributed by atoms with Crippen LogP contribution in [-0.2, 0) is 11.3 Å². The van der Waals surface area contributed by atoms with Crippen LogP contribution in [0, 0.1) is 11.8 Å². The number of nitrogens with zero attached hydrogens (tertiary/aromatic N) is 1. The van der Waals surface area contributed by atoms with Crippen molar-refractivity contribution < 1.29 is 9.84 Å². The summed E-state index contributed by atoms with van der Waals surface area (Å²) >= 11 is 0. The van der Waals surface area contributed by atoms with Crippen LogP contribution < -0.4 is 0 Å². The number of hydrogen-bond acceptors (Lipinski definition) is 3. The standard InChI is InChI=1S/C18H23NO2/c20-12-2-1-4-15-7-9-16(10-8-15)14-19-11-13-21-18-6-3-5-17(18)19/h7-10,17-18,20H,2-3,5-6,11-14H2. The Hall–Kier alpha value is -1.34. The lowest BCUT2D eigenvalue weighted by Gasteiger charge is -2.37. The zero-order valence-corrected chi connectivity index (χ0v) is 12.4. The summed E-state index contributed by atoms with van der Waals surface area (Å²) in [4.78, 5) is 2.58. The molecule has 3 heteroatoms. The molecule has 0 spiro atoms. The molecule has 0 aromatic heterocycles. The molecule has 3 rings (SSSR count). The molecule has 1 heterocycles. The molecule has 0 bridgehead atoms. The smallest absolute Gasteiger partial charge is 0.0731 e. The van der Waals surface area contributed by atoms with Crippen LogP contribution in [0.25, 0.3) is 0 Å². The Bertz CT molecular complexity index is 514. The number of aliphatic hydroxyl groups excluding tert-OH is 1. The van der Waals surface area contributed by atoms with Crippen molar-refractivity contribution in [3.8, 4) is 11.8 Å². The topological polar surface area (TPSA) is 32.7 Å². The lowest BCUT2D eigenvalue weighted by atomic mass is 10.1. The van der Waals surface area contributed by atoms with E-state index < -0.39 is 0 Å². The van der Waals surface area contributed by atoms with Gasteiger partial charge in [-0.25, -0.2) is 0 Å². The normalized spacial score (nSPS) is 25.2. The SMILES string of the molecule is OCCC#Cc1ccc(CN2CCOC3CCCC32)cc1. The Labute approximate surface area is 126 Å². The molecule has 1 aliphatic carbocycles. The first-order valence-electron chi connectivity index (χ1n) is 7.91. The molecule has 1 saturated heterocycles. The minimum Gasteiger partial charge on any atom is -0.395 e. The van der Waals surface area contributed by atoms with Crippen LogP contribution >= 0.6 is 0 Å². The fourth-order valence-electron chi connectivity index (χ4n) is 3.35. The lowest BCUT2D eigenvalue weighted by molar-refractivity contribution is -0.0588. The van der Waals surface area contributed by atoms with Crippen molar-refractivity contribution in [2.75, 3.05) is 19.8 Å². The number of ether oxygens (including phenoxy) is 1. The van der Waals surface area contributed by atoms with Crippen LogP contribution in [0.3, 0.4) is 0 Å². The molecular weight excluding hydrogens is 262 g/mol. The van der Waals surface area contributed by atoms with E-state index in [1.54, 1.807) is 0 Å². The van der Waals surface area contributed by atoms with Crippen molar-refractivity contribution in [2.24, 2.45) is 0 Å². The van der Waals surface area contributed by atoms with Crippen molar-refractivity contribution >= 4 is 0 Å². The number of hydrogen-bond donors (Lipinski definition) is 1. The van der Waals surface area contributed by atoms with E-state index in [0.29, 0.717) is 18.6 Å². The third-order valence-corrected chi connectivity index (χ3v) is 4.41. The van der Waals surface area contributed by atoms with Gasteiger partial charge in [-0.15, -0.1) is 0 Å². The van der Waals surface area contributed by atoms with Gasteiger partial charge in [0.05, 0.1) is 19.3 Å². The van der Waals surface area contributed by atoms with Gasteiger partial charge in [-0.3, -0.25) is 4.90 Å². The third-order valence-electron chi connectivity index (χ3n) is 4.41. The zero-order valence-electron chi connectivity index (χ0n) is 12.4. The molecule has 21 heavy (non-hydrogen) atoms. The minimum atomic E-state index is 0.130. The minimum absolute atomic E-state index is 0.130. The fourth-order valence-corrected chi connectivity index (χ4v) is 3.35. The van der Waals surface area contributed by atoms with E-state index in [1.807, 2.05) is 0 Å². The molecule has 1 aromatic rings. The van der Waals surface area contributed by atoms with Gasteiger partial charge in [-0.1, -0.05) is 24.0 Å². The van der Waals surface area contributed by atoms with Crippen LogP contribution in [0.15, 0.2) is 24.3 Å². The van der Waals surface area contributed by atoms with Gasteiger partial charge < -0.3 is 9.84 Å². The Morgan fingerprint density at radius 2 is 2.10 bits per heavy atom. The molecule has 2 aliphatic rings. The first-order valence-corrected chi connectivity index (χ1v) is 7.91. The Balaban J connectivity index is 1.61. The van der Waals surface area contributed by atoms with Gasteiger partial charge in [0.25, 0.3) is 0 Å². The molecule has 1 aliphatic heterocycles. The predicted octanol–water partition coefficient (Wildman–Crippen LogP) is 2.17. The van der Waals surface area contributed by atoms with Gasteiger partial charge in [0.15, 0.2) is 0 Å². The molecule has 1 aromatic carbocycles. The summed E-state index contributed by atoms with van der Waals surface area (Å²) in [7, 11) is 0. The molecule has 1 saturated carbocycles. The van der Waals surface area contributed by atoms with Gasteiger partial charge in [-0.05, 0) is 37.0 Å². The van der Waals surface area contributed by atoms with E-state index in [-0.39, 0.29) is 6.61 Å². The maximum atomic E-state index is 8.73. The molecule has 0 amide bonds. The van der Waals surface area contributed by atoms with E-state index in [0.717, 1.165) is 25.3 Å². The first-order chi connectivity index (χ1) is 10.4. The summed E-state index contributed by atoms with van der Waals surface area (Å²) in [5, 5.41) is 8.73. The molecule has 0 radical (unpaired) electrons. The summed E-state index contributed by atoms with van der Waals surface area (Å²) in [6.07, 6.45) is 4.79. The van der Waals surface area contributed by atoms with Crippen LogP contribution in [0.4, 0.5) is 0 Å². The molecule has 112 valence electrons. The molecule has 2 atom stereocenters. The predicted molar refractivity (Wildman–Crippen MR) is 82.8 cm³/mol. The summed E-state index contributed by atoms with van der Waals surface area (Å²) in [5.74, 6) is 6.03. The maximum Gasteiger partial charge on any atom is 0.0731 e. The van der Waals surface area contributed by atoms with E-state index >= 15 is 0 Å². The molecule has 2 fully saturated rings. The Morgan fingerprint density at radius 1 is 1.24 bits per heavy atom. The number of morpholine rings is 1. The van der Waals surface area contributed by atoms with Crippen molar-refractivity contribution in [3.05, 3.63) is 35.4 Å². The molecule has 2 unspecified atom stereocenters. The number of rotatable bonds is 3. The van der Waals surface area contributed by atoms with Gasteiger partial charge >= 0.3 is 0 Å². The summed E-state index contributed by atoms with van der Waals surface area (Å²) in [6, 6.07) is 9.10. The summed E-state index contributed by atoms with van der Waals surface area (Å²) < 4.78 is 5.86. The van der Waals surface area contributed by atoms with Crippen LogP contribution in [0.1, 0.15) is 36.8 Å². The third kappa shape index (κ3) is 3.65. The second kappa shape index (κ2) is 7.09. The monoisotopic (exact) mass is 285 g/mol. The highest BCUT2D eigenvalue weighted by Gasteiger charge is 2.35. The van der Waals surface area contributed by atoms with Gasteiger partial charge in [0.2, 0.25) is 0 Å². The Kier molecular flexibility index (Phi) is 4.92. The van der Waals surface area contributed by atoms with Crippen molar-refractivity contribution in [1.29, 1.82) is 0 Å². The van der Waals surface area contributed by atoms with Gasteiger partial charge in [0.1, 0.15) is 0 Å². The number of benzene rings is 1. The summed E-state index contributed by atoms with van der Waals surface area (Å²) in [6.45, 7) is 3.05. The van der Waals surface area contributed by atoms with Crippen molar-refractivity contribution in [3.63, 3.8) is 0 Å². The highest BCUT2D eigenvalue weighted by Crippen LogP contribution is 2.30. The first kappa shape index (κ1) is 14.6. The number of aliphatic hydroxyl groups is 1. The van der Waals surface area contributed by atoms with E-state index in [2.05, 4.69) is 41.0 Å². The van der Waals surface area contributed by atoms with Crippen molar-refractivity contribution in [2.45, 2.75) is 44.4 Å². The Morgan fingerprint density at radius 3 is 2.90 bits per heavy atom. The molecule has 1 N–H and O–H groups in total. The van der Waals surface area contributed by atoms with Crippen LogP contribution in [0.2, 0.25) is 0 Å². The quantitative estimate of drug-likeness (QED) is 0.864. The van der Waals surface area contributed by atoms with Crippen LogP contribution in [0.5, 0.6) is 0 Å². The molecular formula is C18H23NO2. The lowest BCUT2D eigenvalue weighted by Crippen LogP contribution is -2.47. The number of fused-ring (bicyclic) bond motifs is 1. The average Bonchev–Trinajstić information content (AvgIpc) is 2.99. The second-order valence-corrected chi connectivity index (χ2v) is 5.85. The average molecular weight is 285 g/mol. The van der Waals surface area contributed by atoms with E-state index in [9.17, 15) is 0 Å². The van der Waals surface area contributed by atoms with Crippen molar-refractivity contribution in [1.82, 2.24) is 4.90 Å². The highest BCUT2D eigenvalue weighted by molar-refractivity contribution is 5.36. The van der Waals surface area contributed by atoms with E-state index in [4.69, 9.17) is 9.84 Å². The largest absolute Gasteiger partial charge is 0.395 e. The van der Waals surface area contributed by atoms with Crippen LogP contribution in [-0.4, -0.2) is 41.9 Å². The zero-order chi connectivity index (χ0) is 14.5. The second-order valence-electron chi connectivity index (χ2n) is 5.85.